The van der Waals surface area contributed by atoms with Gasteiger partial charge >= 0.3 is 0 Å². The fourth-order valence-electron chi connectivity index (χ4n) is 11.8. The van der Waals surface area contributed by atoms with Crippen molar-refractivity contribution in [2.24, 2.45) is 22.4 Å². The van der Waals surface area contributed by atoms with Gasteiger partial charge in [0.15, 0.2) is 5.96 Å². The highest BCUT2D eigenvalue weighted by atomic mass is 16.5. The number of benzene rings is 2. The van der Waals surface area contributed by atoms with Gasteiger partial charge < -0.3 is 94.0 Å². The first kappa shape index (κ1) is 73.8. The predicted molar refractivity (Wildman–Crippen MR) is 351 cm³/mol. The van der Waals surface area contributed by atoms with E-state index >= 15 is 0 Å². The zero-order chi connectivity index (χ0) is 69.8. The van der Waals surface area contributed by atoms with Crippen LogP contribution in [0.15, 0.2) is 72.2 Å². The van der Waals surface area contributed by atoms with Crippen LogP contribution in [0.25, 0.3) is 10.9 Å². The van der Waals surface area contributed by atoms with Gasteiger partial charge in [-0.1, -0.05) is 44.2 Å². The second-order valence-corrected chi connectivity index (χ2v) is 25.8. The van der Waals surface area contributed by atoms with Crippen LogP contribution in [0.1, 0.15) is 116 Å². The van der Waals surface area contributed by atoms with Gasteiger partial charge in [0.05, 0.1) is 25.1 Å². The van der Waals surface area contributed by atoms with Crippen molar-refractivity contribution >= 4 is 81.8 Å². The van der Waals surface area contributed by atoms with Crippen LogP contribution >= 0.6 is 0 Å². The number of carbonyl (C=O) groups is 11. The van der Waals surface area contributed by atoms with Crippen molar-refractivity contribution in [1.82, 2.24) is 72.6 Å². The number of hydrogen-bond donors (Lipinski definition) is 15. The average molecular weight is 1340 g/mol. The molecule has 3 aliphatic heterocycles. The summed E-state index contributed by atoms with van der Waals surface area (Å²) in [6.45, 7) is 9.99. The third kappa shape index (κ3) is 21.2. The molecule has 0 saturated carbocycles. The minimum atomic E-state index is -1.80. The van der Waals surface area contributed by atoms with Crippen LogP contribution in [0.3, 0.4) is 0 Å². The number of hydrogen-bond acceptors (Lipinski definition) is 16. The van der Waals surface area contributed by atoms with Crippen LogP contribution in [-0.2, 0) is 76.7 Å². The van der Waals surface area contributed by atoms with Crippen molar-refractivity contribution < 1.29 is 67.7 Å². The number of aliphatic hydroxyl groups is 1. The lowest BCUT2D eigenvalue weighted by Gasteiger charge is -2.33. The van der Waals surface area contributed by atoms with Gasteiger partial charge in [-0.05, 0) is 114 Å². The van der Waals surface area contributed by atoms with Gasteiger partial charge in [0.2, 0.25) is 65.0 Å². The number of aliphatic hydroxyl groups excluding tert-OH is 1. The van der Waals surface area contributed by atoms with Crippen molar-refractivity contribution in [2.45, 2.75) is 185 Å². The summed E-state index contributed by atoms with van der Waals surface area (Å²) in [4.78, 5) is 173. The molecule has 31 heteroatoms. The number of nitrogens with two attached hydrogens (primary N) is 2. The fraction of sp³-hybridized carbons (Fsp3) is 0.554. The quantitative estimate of drug-likeness (QED) is 0.0144. The van der Waals surface area contributed by atoms with E-state index in [4.69, 9.17) is 16.2 Å². The maximum atomic E-state index is 14.9. The number of likely N-dealkylation sites (tertiary alicyclic amines) is 2. The first-order valence-corrected chi connectivity index (χ1v) is 32.6. The Morgan fingerprint density at radius 2 is 1.30 bits per heavy atom. The van der Waals surface area contributed by atoms with Crippen LogP contribution in [0, 0.1) is 5.92 Å². The SMILES string of the molecule is CCNC(=O)[C@@H]1CCCN1C(=O)[C@@H]1CCCN1C(=O)[C@H](CCCN=C(N)N)NC(=O)[C@H](CC(C)C)NC(=O)[C@@H](COC(C)(C)C)NC(=O)[C@H](Cc1ccc(O)cc1)NC(=O)[C@H](CO)NC(=O)[C@H](Cc1c[nH]c2ccccc12)NC(=O)[C@H](Cc1cnc[nH]1)NC(=O)[C@@H]1CCC(=O)N1. The Hall–Kier alpha value is -9.65. The van der Waals surface area contributed by atoms with Gasteiger partial charge in [0, 0.05) is 80.9 Å². The van der Waals surface area contributed by atoms with E-state index in [0.717, 1.165) is 0 Å². The number of H-pyrrole nitrogens is 2. The van der Waals surface area contributed by atoms with Gasteiger partial charge in [-0.3, -0.25) is 57.7 Å². The van der Waals surface area contributed by atoms with Gasteiger partial charge in [0.25, 0.3) is 0 Å². The van der Waals surface area contributed by atoms with E-state index in [-0.39, 0.29) is 99.8 Å². The molecule has 3 saturated heterocycles. The molecule has 0 spiro atoms. The second kappa shape index (κ2) is 34.7. The Kier molecular flexibility index (Phi) is 26.6. The molecule has 0 radical (unpaired) electrons. The number of para-hydroxylation sites is 1. The molecule has 0 bridgehead atoms. The largest absolute Gasteiger partial charge is 0.508 e. The molecular formula is C65H93N17O14. The number of aromatic nitrogens is 3. The van der Waals surface area contributed by atoms with Crippen molar-refractivity contribution in [3.63, 3.8) is 0 Å². The van der Waals surface area contributed by atoms with E-state index in [0.29, 0.717) is 66.5 Å². The Labute approximate surface area is 556 Å². The van der Waals surface area contributed by atoms with Crippen molar-refractivity contribution in [2.75, 3.05) is 39.4 Å². The second-order valence-electron chi connectivity index (χ2n) is 25.8. The first-order chi connectivity index (χ1) is 45.7. The molecule has 17 N–H and O–H groups in total. The predicted octanol–water partition coefficient (Wildman–Crippen LogP) is -1.68. The number of ether oxygens (including phenoxy) is 1. The van der Waals surface area contributed by atoms with E-state index in [1.54, 1.807) is 72.0 Å². The number of aromatic amines is 2. The number of aromatic hydroxyl groups is 1. The van der Waals surface area contributed by atoms with Crippen LogP contribution in [0.2, 0.25) is 0 Å². The minimum absolute atomic E-state index is 0.0142. The third-order valence-electron chi connectivity index (χ3n) is 16.7. The number of imidazole rings is 1. The molecule has 7 rings (SSSR count). The van der Waals surface area contributed by atoms with Crippen molar-refractivity contribution in [3.05, 3.63) is 84.1 Å². The maximum absolute atomic E-state index is 14.9. The van der Waals surface area contributed by atoms with E-state index in [9.17, 15) is 63.0 Å². The molecule has 11 amide bonds. The van der Waals surface area contributed by atoms with Gasteiger partial charge in [0.1, 0.15) is 66.2 Å². The summed E-state index contributed by atoms with van der Waals surface area (Å²) in [5.41, 5.74) is 12.4. The molecule has 96 heavy (non-hydrogen) atoms. The Bertz CT molecular complexity index is 3400. The highest BCUT2D eigenvalue weighted by Gasteiger charge is 2.44. The molecule has 522 valence electrons. The van der Waals surface area contributed by atoms with E-state index in [2.05, 4.69) is 67.8 Å². The number of aliphatic imine (C=N–C) groups is 1. The normalized spacial score (nSPS) is 18.4. The van der Waals surface area contributed by atoms with Crippen LogP contribution in [0.4, 0.5) is 0 Å². The number of phenols is 1. The summed E-state index contributed by atoms with van der Waals surface area (Å²) >= 11 is 0. The van der Waals surface area contributed by atoms with E-state index in [1.807, 2.05) is 0 Å². The summed E-state index contributed by atoms with van der Waals surface area (Å²) in [6, 6.07) is -0.0670. The third-order valence-corrected chi connectivity index (χ3v) is 16.7. The van der Waals surface area contributed by atoms with Crippen LogP contribution < -0.4 is 59.3 Å². The summed E-state index contributed by atoms with van der Waals surface area (Å²) < 4.78 is 6.07. The maximum Gasteiger partial charge on any atom is 0.246 e. The lowest BCUT2D eigenvalue weighted by Crippen LogP contribution is -2.62. The Balaban J connectivity index is 1.11. The number of phenolic OH excluding ortho intramolecular Hbond substituents is 1. The number of nitrogens with zero attached hydrogens (tertiary/aromatic N) is 4. The Morgan fingerprint density at radius 3 is 1.93 bits per heavy atom. The van der Waals surface area contributed by atoms with Gasteiger partial charge in [-0.2, -0.15) is 0 Å². The highest BCUT2D eigenvalue weighted by molar-refractivity contribution is 6.00. The average Bonchev–Trinajstić information content (AvgIpc) is 1.65. The first-order valence-electron chi connectivity index (χ1n) is 32.6. The van der Waals surface area contributed by atoms with Gasteiger partial charge in [-0.25, -0.2) is 4.98 Å². The molecule has 5 heterocycles. The molecule has 0 unspecified atom stereocenters. The number of carbonyl (C=O) groups excluding carboxylic acids is 11. The monoisotopic (exact) mass is 1340 g/mol. The highest BCUT2D eigenvalue weighted by Crippen LogP contribution is 2.27. The molecule has 3 aliphatic rings. The molecular weight excluding hydrogens is 1240 g/mol. The summed E-state index contributed by atoms with van der Waals surface area (Å²) in [5, 5.41) is 45.9. The van der Waals surface area contributed by atoms with Crippen LogP contribution in [0.5, 0.6) is 5.75 Å². The topological polar surface area (TPSA) is 461 Å². The molecule has 31 nitrogen and oxygen atoms in total. The molecule has 0 aliphatic carbocycles. The molecule has 3 fully saturated rings. The summed E-state index contributed by atoms with van der Waals surface area (Å²) in [6.07, 6.45) is 6.29. The number of amides is 11. The summed E-state index contributed by atoms with van der Waals surface area (Å²) in [5.74, 6) is -8.27. The number of nitrogens with one attached hydrogen (secondary N) is 11. The molecule has 10 atom stereocenters. The van der Waals surface area contributed by atoms with Gasteiger partial charge in [-0.15, -0.1) is 0 Å². The molecule has 2 aromatic heterocycles. The zero-order valence-corrected chi connectivity index (χ0v) is 55.2. The molecule has 4 aromatic rings. The van der Waals surface area contributed by atoms with Crippen molar-refractivity contribution in [3.8, 4) is 5.75 Å². The number of likely N-dealkylation sites (N-methyl/N-ethyl adjacent to an activating group) is 1. The van der Waals surface area contributed by atoms with E-state index in [1.165, 1.54) is 46.6 Å². The van der Waals surface area contributed by atoms with Crippen LogP contribution in [-0.4, -0.2) is 211 Å². The Morgan fingerprint density at radius 1 is 0.708 bits per heavy atom. The number of guanidine groups is 1. The lowest BCUT2D eigenvalue weighted by atomic mass is 10.0. The van der Waals surface area contributed by atoms with E-state index < -0.39 is 126 Å². The fourth-order valence-corrected chi connectivity index (χ4v) is 11.8. The molecule has 2 aromatic carbocycles. The minimum Gasteiger partial charge on any atom is -0.508 e. The number of rotatable bonds is 33. The number of fused-ring (bicyclic) bond motifs is 1. The summed E-state index contributed by atoms with van der Waals surface area (Å²) in [7, 11) is 0. The zero-order valence-electron chi connectivity index (χ0n) is 55.2. The standard InChI is InChI=1S/C65H93N17O14/c1-7-69-61(93)51-16-11-25-81(51)63(95)52-17-12-26-82(52)62(94)44(15-10-24-70-64(66)67)74-55(87)45(27-36(2)3)75-60(92)50(34-96-65(4,5)6)80-56(88)46(28-37-18-20-40(84)21-19-37)76-59(91)49(33-83)79-57(89)47(29-38-31-71-42-14-9-8-13-41(38)42)77-58(90)48(30-39-32-68-35-72-39)78-54(86)43-22-23-53(85)73-43/h8-9,13-14,18-21,31-32,35-36,43-52,71,83-84H,7,10-12,15-17,22-30,33-34H2,1-6H3,(H,68,72)(H,69,93)(H,73,85)(H,74,87)(H,75,92)(H,76,91)(H,77,90)(H,78,86)(H,79,89)(H,80,88)(H4,66,67,70)/t43-,44-,45-,46-,47-,48-,49-,50+,51-,52-/m0/s1. The van der Waals surface area contributed by atoms with Crippen molar-refractivity contribution in [1.29, 1.82) is 0 Å². The smallest absolute Gasteiger partial charge is 0.246 e. The lowest BCUT2D eigenvalue weighted by molar-refractivity contribution is -0.148.